The normalized spacial score (nSPS) is 10.1. The second-order valence-electron chi connectivity index (χ2n) is 4.53. The van der Waals surface area contributed by atoms with Crippen molar-refractivity contribution in [1.82, 2.24) is 0 Å². The summed E-state index contributed by atoms with van der Waals surface area (Å²) < 4.78 is 0. The predicted octanol–water partition coefficient (Wildman–Crippen LogP) is 3.93. The number of unbranched alkanes of at least 4 members (excludes halogenated alkanes) is 6. The van der Waals surface area contributed by atoms with Crippen LogP contribution >= 0.6 is 0 Å². The molecule has 0 aliphatic carbocycles. The second kappa shape index (κ2) is 12.4. The van der Waals surface area contributed by atoms with Crippen molar-refractivity contribution in [2.45, 2.75) is 78.1 Å². The van der Waals surface area contributed by atoms with Crippen LogP contribution in [0.25, 0.3) is 0 Å². The van der Waals surface area contributed by atoms with Crippen LogP contribution in [0.2, 0.25) is 0 Å². The zero-order valence-corrected chi connectivity index (χ0v) is 11.7. The molecule has 0 aromatic carbocycles. The molecule has 0 unspecified atom stereocenters. The SMILES string of the molecule is CCCCCCCC(=O)OOC(=O)CCCCC. The Labute approximate surface area is 110 Å². The molecule has 0 aliphatic rings. The Balaban J connectivity index is 3.37. The van der Waals surface area contributed by atoms with Crippen LogP contribution in [-0.4, -0.2) is 11.9 Å². The summed E-state index contributed by atoms with van der Waals surface area (Å²) in [4.78, 5) is 31.2. The van der Waals surface area contributed by atoms with Crippen molar-refractivity contribution in [2.75, 3.05) is 0 Å². The summed E-state index contributed by atoms with van der Waals surface area (Å²) in [6, 6.07) is 0. The molecule has 0 amide bonds. The van der Waals surface area contributed by atoms with Crippen molar-refractivity contribution in [1.29, 1.82) is 0 Å². The van der Waals surface area contributed by atoms with Crippen molar-refractivity contribution in [3.63, 3.8) is 0 Å². The van der Waals surface area contributed by atoms with Crippen molar-refractivity contribution >= 4 is 11.9 Å². The predicted molar refractivity (Wildman–Crippen MR) is 69.7 cm³/mol. The number of hydrogen-bond acceptors (Lipinski definition) is 4. The first-order valence-corrected chi connectivity index (χ1v) is 7.10. The number of carbonyl (C=O) groups is 2. The van der Waals surface area contributed by atoms with Gasteiger partial charge < -0.3 is 0 Å². The molecule has 4 heteroatoms. The molecule has 0 saturated carbocycles. The Morgan fingerprint density at radius 3 is 1.56 bits per heavy atom. The van der Waals surface area contributed by atoms with Gasteiger partial charge in [-0.1, -0.05) is 52.4 Å². The Morgan fingerprint density at radius 2 is 1.06 bits per heavy atom. The minimum Gasteiger partial charge on any atom is -0.247 e. The van der Waals surface area contributed by atoms with E-state index < -0.39 is 11.9 Å². The van der Waals surface area contributed by atoms with Crippen LogP contribution in [0.3, 0.4) is 0 Å². The summed E-state index contributed by atoms with van der Waals surface area (Å²) >= 11 is 0. The third kappa shape index (κ3) is 11.4. The molecule has 0 aliphatic heterocycles. The van der Waals surface area contributed by atoms with Gasteiger partial charge in [-0.05, 0) is 12.8 Å². The number of hydrogen-bond donors (Lipinski definition) is 0. The third-order valence-corrected chi connectivity index (χ3v) is 2.70. The van der Waals surface area contributed by atoms with Gasteiger partial charge in [-0.25, -0.2) is 19.4 Å². The van der Waals surface area contributed by atoms with Gasteiger partial charge >= 0.3 is 11.9 Å². The van der Waals surface area contributed by atoms with Crippen molar-refractivity contribution in [3.05, 3.63) is 0 Å². The van der Waals surface area contributed by atoms with Gasteiger partial charge in [0.05, 0.1) is 12.8 Å². The summed E-state index contributed by atoms with van der Waals surface area (Å²) in [5.41, 5.74) is 0. The average molecular weight is 258 g/mol. The summed E-state index contributed by atoms with van der Waals surface area (Å²) in [6.07, 6.45) is 8.79. The monoisotopic (exact) mass is 258 g/mol. The fraction of sp³-hybridized carbons (Fsp3) is 0.857. The highest BCUT2D eigenvalue weighted by atomic mass is 17.2. The molecule has 0 spiro atoms. The van der Waals surface area contributed by atoms with Crippen molar-refractivity contribution in [3.8, 4) is 0 Å². The van der Waals surface area contributed by atoms with Crippen LogP contribution in [0, 0.1) is 0 Å². The molecule has 0 bridgehead atoms. The smallest absolute Gasteiger partial charge is 0.247 e. The summed E-state index contributed by atoms with van der Waals surface area (Å²) in [7, 11) is 0. The van der Waals surface area contributed by atoms with Crippen molar-refractivity contribution in [2.24, 2.45) is 0 Å². The molecule has 0 fully saturated rings. The highest BCUT2D eigenvalue weighted by Crippen LogP contribution is 2.06. The fourth-order valence-corrected chi connectivity index (χ4v) is 1.57. The van der Waals surface area contributed by atoms with E-state index in [1.54, 1.807) is 0 Å². The van der Waals surface area contributed by atoms with Gasteiger partial charge in [0, 0.05) is 0 Å². The first-order valence-electron chi connectivity index (χ1n) is 7.10. The van der Waals surface area contributed by atoms with E-state index in [2.05, 4.69) is 23.6 Å². The van der Waals surface area contributed by atoms with Crippen LogP contribution in [0.1, 0.15) is 78.1 Å². The molecular weight excluding hydrogens is 232 g/mol. The van der Waals surface area contributed by atoms with Gasteiger partial charge in [0.2, 0.25) is 0 Å². The van der Waals surface area contributed by atoms with E-state index in [0.29, 0.717) is 12.8 Å². The van der Waals surface area contributed by atoms with Gasteiger partial charge in [-0.15, -0.1) is 0 Å². The molecule has 0 radical (unpaired) electrons. The van der Waals surface area contributed by atoms with E-state index >= 15 is 0 Å². The Morgan fingerprint density at radius 1 is 0.667 bits per heavy atom. The van der Waals surface area contributed by atoms with E-state index in [-0.39, 0.29) is 0 Å². The van der Waals surface area contributed by atoms with Crippen LogP contribution in [0.15, 0.2) is 0 Å². The van der Waals surface area contributed by atoms with Crippen LogP contribution < -0.4 is 0 Å². The first kappa shape index (κ1) is 16.9. The molecule has 18 heavy (non-hydrogen) atoms. The van der Waals surface area contributed by atoms with Crippen LogP contribution in [0.5, 0.6) is 0 Å². The Bertz CT molecular complexity index is 226. The third-order valence-electron chi connectivity index (χ3n) is 2.70. The van der Waals surface area contributed by atoms with Crippen molar-refractivity contribution < 1.29 is 19.4 Å². The van der Waals surface area contributed by atoms with Gasteiger partial charge in [-0.3, -0.25) is 0 Å². The van der Waals surface area contributed by atoms with E-state index in [4.69, 9.17) is 0 Å². The standard InChI is InChI=1S/C14H26O4/c1-3-5-7-8-10-12-14(16)18-17-13(15)11-9-6-4-2/h3-12H2,1-2H3. The van der Waals surface area contributed by atoms with Gasteiger partial charge in [0.1, 0.15) is 0 Å². The lowest BCUT2D eigenvalue weighted by Crippen LogP contribution is -2.10. The van der Waals surface area contributed by atoms with Gasteiger partial charge in [-0.2, -0.15) is 0 Å². The van der Waals surface area contributed by atoms with Crippen LogP contribution in [-0.2, 0) is 19.4 Å². The quantitative estimate of drug-likeness (QED) is 0.338. The fourth-order valence-electron chi connectivity index (χ4n) is 1.57. The molecule has 0 saturated heterocycles. The molecule has 0 N–H and O–H groups in total. The maximum Gasteiger partial charge on any atom is 0.355 e. The first-order chi connectivity index (χ1) is 8.70. The lowest BCUT2D eigenvalue weighted by Gasteiger charge is -2.03. The van der Waals surface area contributed by atoms with E-state index in [1.807, 2.05) is 0 Å². The lowest BCUT2D eigenvalue weighted by atomic mass is 10.1. The number of carbonyl (C=O) groups excluding carboxylic acids is 2. The van der Waals surface area contributed by atoms with E-state index in [1.165, 1.54) is 12.8 Å². The summed E-state index contributed by atoms with van der Waals surface area (Å²) in [6.45, 7) is 4.20. The molecule has 0 heterocycles. The Kier molecular flexibility index (Phi) is 11.7. The van der Waals surface area contributed by atoms with Gasteiger partial charge in [0.15, 0.2) is 0 Å². The molecule has 0 aromatic heterocycles. The highest BCUT2D eigenvalue weighted by molar-refractivity contribution is 5.72. The summed E-state index contributed by atoms with van der Waals surface area (Å²) in [5.74, 6) is -0.905. The highest BCUT2D eigenvalue weighted by Gasteiger charge is 2.09. The number of rotatable bonds is 10. The maximum absolute atomic E-state index is 11.2. The van der Waals surface area contributed by atoms with Crippen LogP contribution in [0.4, 0.5) is 0 Å². The van der Waals surface area contributed by atoms with E-state index in [0.717, 1.165) is 38.5 Å². The maximum atomic E-state index is 11.2. The molecular formula is C14H26O4. The molecule has 0 atom stereocenters. The molecule has 0 aromatic rings. The minimum atomic E-state index is -0.456. The van der Waals surface area contributed by atoms with Gasteiger partial charge in [0.25, 0.3) is 0 Å². The molecule has 0 rings (SSSR count). The Hall–Kier alpha value is -1.06. The largest absolute Gasteiger partial charge is 0.355 e. The zero-order valence-electron chi connectivity index (χ0n) is 11.7. The minimum absolute atomic E-state index is 0.317. The molecule has 106 valence electrons. The average Bonchev–Trinajstić information content (AvgIpc) is 2.36. The topological polar surface area (TPSA) is 52.6 Å². The van der Waals surface area contributed by atoms with E-state index in [9.17, 15) is 9.59 Å². The zero-order chi connectivity index (χ0) is 13.6. The second-order valence-corrected chi connectivity index (χ2v) is 4.53. The molecule has 4 nitrogen and oxygen atoms in total. The lowest BCUT2D eigenvalue weighted by molar-refractivity contribution is -0.259. The summed E-state index contributed by atoms with van der Waals surface area (Å²) in [5, 5.41) is 0.